The fourth-order valence-corrected chi connectivity index (χ4v) is 4.77. The molecule has 10 nitrogen and oxygen atoms in total. The molecule has 0 radical (unpaired) electrons. The van der Waals surface area contributed by atoms with Gasteiger partial charge in [-0.15, -0.1) is 5.10 Å². The van der Waals surface area contributed by atoms with Crippen molar-refractivity contribution in [3.05, 3.63) is 10.6 Å². The fourth-order valence-electron chi connectivity index (χ4n) is 3.72. The van der Waals surface area contributed by atoms with Crippen LogP contribution in [0.3, 0.4) is 0 Å². The molecule has 0 bridgehead atoms. The third-order valence-electron chi connectivity index (χ3n) is 4.72. The number of aromatic nitrogens is 4. The summed E-state index contributed by atoms with van der Waals surface area (Å²) in [5.74, 6) is -1.61. The summed E-state index contributed by atoms with van der Waals surface area (Å²) in [6, 6.07) is -0.764. The minimum atomic E-state index is -1.15. The van der Waals surface area contributed by atoms with Crippen molar-refractivity contribution in [1.29, 1.82) is 0 Å². The molecule has 1 N–H and O–H groups in total. The molecule has 128 valence electrons. The van der Waals surface area contributed by atoms with Crippen molar-refractivity contribution in [2.45, 2.75) is 30.6 Å². The average Bonchev–Trinajstić information content (AvgIpc) is 3.08. The summed E-state index contributed by atoms with van der Waals surface area (Å²) in [6.45, 7) is 1.89. The Bertz CT molecular complexity index is 810. The van der Waals surface area contributed by atoms with Crippen molar-refractivity contribution >= 4 is 59.1 Å². The van der Waals surface area contributed by atoms with E-state index in [0.717, 1.165) is 11.8 Å². The molecule has 1 aromatic heterocycles. The summed E-state index contributed by atoms with van der Waals surface area (Å²) < 4.78 is 1.44. The van der Waals surface area contributed by atoms with Crippen LogP contribution in [0.25, 0.3) is 0 Å². The van der Waals surface area contributed by atoms with Crippen LogP contribution in [0.2, 0.25) is 0 Å². The van der Waals surface area contributed by atoms with Gasteiger partial charge in [-0.1, -0.05) is 11.8 Å². The molecule has 3 aliphatic heterocycles. The Kier molecular flexibility index (Phi) is 4.69. The van der Waals surface area contributed by atoms with E-state index in [9.17, 15) is 19.5 Å². The summed E-state index contributed by atoms with van der Waals surface area (Å²) in [6.07, 6.45) is 0.480. The van der Waals surface area contributed by atoms with Crippen LogP contribution in [0.4, 0.5) is 0 Å². The van der Waals surface area contributed by atoms with Gasteiger partial charge >= 0.3 is 35.5 Å². The third kappa shape index (κ3) is 2.60. The molecule has 12 heteroatoms. The third-order valence-corrected chi connectivity index (χ3v) is 5.85. The number of carbonyl (C=O) groups is 3. The molecule has 0 aliphatic carbocycles. The number of hydrogen-bond acceptors (Lipinski definition) is 7. The van der Waals surface area contributed by atoms with Gasteiger partial charge in [0, 0.05) is 31.3 Å². The molecule has 4 rings (SSSR count). The van der Waals surface area contributed by atoms with Crippen LogP contribution in [0.1, 0.15) is 13.3 Å². The van der Waals surface area contributed by atoms with Gasteiger partial charge in [-0.05, 0) is 16.8 Å². The number of thioether (sulfide) groups is 1. The molecule has 2 amide bonds. The number of β-lactam (4-membered cyclic amide) rings is 1. The predicted octanol–water partition coefficient (Wildman–Crippen LogP) is -1.59. The van der Waals surface area contributed by atoms with Gasteiger partial charge in [-0.2, -0.15) is 0 Å². The molecule has 0 spiro atoms. The number of allylic oxidation sites excluding steroid dienone is 1. The zero-order valence-corrected chi connectivity index (χ0v) is 13.7. The van der Waals surface area contributed by atoms with Crippen molar-refractivity contribution in [3.8, 4) is 0 Å². The van der Waals surface area contributed by atoms with Crippen molar-refractivity contribution < 1.29 is 19.5 Å². The molecule has 0 unspecified atom stereocenters. The second-order valence-electron chi connectivity index (χ2n) is 6.04. The molecule has 4 heterocycles. The zero-order chi connectivity index (χ0) is 17.2. The van der Waals surface area contributed by atoms with Gasteiger partial charge in [0.15, 0.2) is 0 Å². The number of carboxylic acid groups (broad SMARTS) is 1. The molecule has 25 heavy (non-hydrogen) atoms. The van der Waals surface area contributed by atoms with E-state index < -0.39 is 12.0 Å². The Balaban J connectivity index is 0.00000182. The molecule has 3 atom stereocenters. The number of nitrogens with zero attached hydrogens (tertiary/aromatic N) is 6. The molecular weight excluding hydrogens is 359 g/mol. The Morgan fingerprint density at radius 3 is 2.64 bits per heavy atom. The minimum absolute atomic E-state index is 0. The maximum atomic E-state index is 12.5. The molecule has 1 aromatic rings. The van der Waals surface area contributed by atoms with Gasteiger partial charge in [0.05, 0.1) is 6.04 Å². The molecule has 3 aliphatic rings. The summed E-state index contributed by atoms with van der Waals surface area (Å²) in [5, 5.41) is 21.2. The zero-order valence-electron chi connectivity index (χ0n) is 12.9. The average molecular weight is 374 g/mol. The molecule has 2 fully saturated rings. The summed E-state index contributed by atoms with van der Waals surface area (Å²) in [7, 11) is 1.66. The molecule has 2 saturated heterocycles. The first-order valence-electron chi connectivity index (χ1n) is 7.37. The van der Waals surface area contributed by atoms with Gasteiger partial charge in [0.2, 0.25) is 11.1 Å². The van der Waals surface area contributed by atoms with Crippen LogP contribution in [-0.2, 0) is 21.4 Å². The number of carbonyl (C=O) groups excluding carboxylic acids is 2. The Morgan fingerprint density at radius 2 is 2.08 bits per heavy atom. The van der Waals surface area contributed by atoms with Crippen LogP contribution in [0.15, 0.2) is 15.8 Å². The van der Waals surface area contributed by atoms with E-state index in [-0.39, 0.29) is 59.0 Å². The monoisotopic (exact) mass is 374 g/mol. The van der Waals surface area contributed by atoms with Gasteiger partial charge in [0.25, 0.3) is 5.91 Å². The first kappa shape index (κ1) is 18.4. The summed E-state index contributed by atoms with van der Waals surface area (Å²) >= 11 is 1.15. The Hall–Kier alpha value is -1.43. The second kappa shape index (κ2) is 6.38. The van der Waals surface area contributed by atoms with Crippen molar-refractivity contribution in [2.24, 2.45) is 13.0 Å². The van der Waals surface area contributed by atoms with Crippen molar-refractivity contribution in [2.75, 3.05) is 6.54 Å². The van der Waals surface area contributed by atoms with Crippen LogP contribution in [-0.4, -0.2) is 101 Å². The normalized spacial score (nSPS) is 27.0. The van der Waals surface area contributed by atoms with E-state index >= 15 is 0 Å². The van der Waals surface area contributed by atoms with E-state index in [4.69, 9.17) is 0 Å². The topological polar surface area (TPSA) is 122 Å². The molecule has 0 saturated carbocycles. The van der Waals surface area contributed by atoms with Crippen LogP contribution in [0, 0.1) is 5.92 Å². The number of aliphatic carboxylic acids is 1. The maximum absolute atomic E-state index is 12.5. The Labute approximate surface area is 168 Å². The van der Waals surface area contributed by atoms with Crippen LogP contribution in [0.5, 0.6) is 0 Å². The number of aryl methyl sites for hydroxylation is 1. The predicted molar refractivity (Wildman–Crippen MR) is 86.4 cm³/mol. The molecular formula is C13H15N6NaO4S. The van der Waals surface area contributed by atoms with E-state index in [2.05, 4.69) is 15.5 Å². The second-order valence-corrected chi connectivity index (χ2v) is 7.11. The van der Waals surface area contributed by atoms with Gasteiger partial charge in [-0.3, -0.25) is 14.5 Å². The quantitative estimate of drug-likeness (QED) is 0.497. The SMILES string of the molecule is CC(=O)N1C[C@H]2CC(Sc3nnnn3C)=C(C(=O)O)N3C(=O)[C@@H]1[C@@H]23.[NaH]. The number of rotatable bonds is 3. The first-order valence-corrected chi connectivity index (χ1v) is 8.18. The number of amides is 2. The number of hydrogen-bond donors (Lipinski definition) is 1. The molecule has 0 aromatic carbocycles. The Morgan fingerprint density at radius 1 is 1.36 bits per heavy atom. The van der Waals surface area contributed by atoms with Crippen LogP contribution < -0.4 is 0 Å². The van der Waals surface area contributed by atoms with Crippen molar-refractivity contribution in [1.82, 2.24) is 30.0 Å². The standard InChI is InChI=1S/C13H14N6O4S.Na.H/c1-5(20)18-4-6-3-7(24-13-14-15-16-17(13)2)9(12(22)23)19-8(6)10(18)11(19)21;;/h6,8,10H,3-4H2,1-2H3,(H,22,23);;/t6-,8-,10+;;/m1../s1. The number of likely N-dealkylation sites (tertiary alicyclic amines) is 1. The van der Waals surface area contributed by atoms with E-state index in [1.807, 2.05) is 0 Å². The number of tetrazole rings is 1. The summed E-state index contributed by atoms with van der Waals surface area (Å²) in [4.78, 5) is 39.4. The van der Waals surface area contributed by atoms with Gasteiger partial charge in [0.1, 0.15) is 11.7 Å². The van der Waals surface area contributed by atoms with Crippen molar-refractivity contribution in [3.63, 3.8) is 0 Å². The fraction of sp³-hybridized carbons (Fsp3) is 0.538. The van der Waals surface area contributed by atoms with Gasteiger partial charge in [-0.25, -0.2) is 9.48 Å². The van der Waals surface area contributed by atoms with E-state index in [0.29, 0.717) is 23.0 Å². The van der Waals surface area contributed by atoms with Gasteiger partial charge < -0.3 is 10.0 Å². The van der Waals surface area contributed by atoms with E-state index in [1.54, 1.807) is 11.9 Å². The van der Waals surface area contributed by atoms with Crippen LogP contribution >= 0.6 is 11.8 Å². The summed E-state index contributed by atoms with van der Waals surface area (Å²) in [5.41, 5.74) is -0.0177. The van der Waals surface area contributed by atoms with E-state index in [1.165, 1.54) is 16.5 Å². The first-order chi connectivity index (χ1) is 11.4. The number of carboxylic acids is 1.